The molecule has 1 N–H and O–H groups in total. The van der Waals surface area contributed by atoms with Crippen LogP contribution in [0.2, 0.25) is 0 Å². The third kappa shape index (κ3) is 8.90. The summed E-state index contributed by atoms with van der Waals surface area (Å²) in [5.41, 5.74) is 0. The van der Waals surface area contributed by atoms with Crippen molar-refractivity contribution in [2.24, 2.45) is 0 Å². The summed E-state index contributed by atoms with van der Waals surface area (Å²) in [5.74, 6) is 0. The Morgan fingerprint density at radius 2 is 1.60 bits per heavy atom. The molecule has 0 aromatic heterocycles. The molecular formula is C16H34N2O2. The zero-order valence-electron chi connectivity index (χ0n) is 13.5. The van der Waals surface area contributed by atoms with Gasteiger partial charge in [-0.25, -0.2) is 0 Å². The predicted octanol–water partition coefficient (Wildman–Crippen LogP) is 2.28. The molecule has 120 valence electrons. The molecule has 0 unspecified atom stereocenters. The Hall–Kier alpha value is -0.160. The minimum atomic E-state index is 0.782. The van der Waals surface area contributed by atoms with Crippen LogP contribution in [0.5, 0.6) is 0 Å². The van der Waals surface area contributed by atoms with Crippen LogP contribution < -0.4 is 5.32 Å². The van der Waals surface area contributed by atoms with Crippen molar-refractivity contribution in [1.82, 2.24) is 10.2 Å². The van der Waals surface area contributed by atoms with Crippen molar-refractivity contribution in [1.29, 1.82) is 0 Å². The molecule has 1 aliphatic carbocycles. The van der Waals surface area contributed by atoms with Gasteiger partial charge in [-0.05, 0) is 38.8 Å². The van der Waals surface area contributed by atoms with Crippen LogP contribution in [0.4, 0.5) is 0 Å². The molecule has 4 nitrogen and oxygen atoms in total. The summed E-state index contributed by atoms with van der Waals surface area (Å²) in [6.07, 6.45) is 9.34. The molecule has 0 heterocycles. The molecule has 1 rings (SSSR count). The van der Waals surface area contributed by atoms with Gasteiger partial charge in [0.15, 0.2) is 0 Å². The first kappa shape index (κ1) is 17.9. The normalized spacial score (nSPS) is 16.9. The Labute approximate surface area is 125 Å². The zero-order valence-corrected chi connectivity index (χ0v) is 13.5. The summed E-state index contributed by atoms with van der Waals surface area (Å²) in [6.45, 7) is 6.13. The van der Waals surface area contributed by atoms with E-state index in [1.807, 2.05) is 0 Å². The van der Waals surface area contributed by atoms with Crippen molar-refractivity contribution in [3.63, 3.8) is 0 Å². The van der Waals surface area contributed by atoms with E-state index in [9.17, 15) is 0 Å². The van der Waals surface area contributed by atoms with Gasteiger partial charge in [-0.1, -0.05) is 19.3 Å². The van der Waals surface area contributed by atoms with Crippen molar-refractivity contribution in [3.05, 3.63) is 0 Å². The van der Waals surface area contributed by atoms with Crippen LogP contribution in [0.1, 0.15) is 44.9 Å². The lowest BCUT2D eigenvalue weighted by atomic mass is 9.95. The number of nitrogens with one attached hydrogen (secondary N) is 1. The number of ether oxygens (including phenoxy) is 2. The van der Waals surface area contributed by atoms with Gasteiger partial charge in [0, 0.05) is 40.0 Å². The molecule has 1 saturated carbocycles. The Bertz CT molecular complexity index is 209. The van der Waals surface area contributed by atoms with Crippen LogP contribution in [0.3, 0.4) is 0 Å². The van der Waals surface area contributed by atoms with Crippen molar-refractivity contribution >= 4 is 0 Å². The third-order valence-electron chi connectivity index (χ3n) is 4.12. The highest BCUT2D eigenvalue weighted by molar-refractivity contribution is 4.72. The smallest absolute Gasteiger partial charge is 0.0589 e. The summed E-state index contributed by atoms with van der Waals surface area (Å²) in [4.78, 5) is 2.49. The minimum Gasteiger partial charge on any atom is -0.385 e. The maximum atomic E-state index is 5.19. The van der Waals surface area contributed by atoms with Gasteiger partial charge in [-0.2, -0.15) is 0 Å². The van der Waals surface area contributed by atoms with E-state index in [2.05, 4.69) is 10.2 Å². The van der Waals surface area contributed by atoms with E-state index < -0.39 is 0 Å². The zero-order chi connectivity index (χ0) is 14.5. The van der Waals surface area contributed by atoms with Gasteiger partial charge in [0.25, 0.3) is 0 Å². The van der Waals surface area contributed by atoms with Gasteiger partial charge in [0.1, 0.15) is 0 Å². The van der Waals surface area contributed by atoms with Gasteiger partial charge >= 0.3 is 0 Å². The Morgan fingerprint density at radius 1 is 0.900 bits per heavy atom. The molecule has 1 aliphatic rings. The fourth-order valence-electron chi connectivity index (χ4n) is 2.90. The quantitative estimate of drug-likeness (QED) is 0.558. The molecule has 0 aromatic rings. The van der Waals surface area contributed by atoms with E-state index >= 15 is 0 Å². The van der Waals surface area contributed by atoms with Crippen LogP contribution in [0.15, 0.2) is 0 Å². The number of methoxy groups -OCH3 is 2. The van der Waals surface area contributed by atoms with Crippen molar-refractivity contribution < 1.29 is 9.47 Å². The molecule has 20 heavy (non-hydrogen) atoms. The standard InChI is InChI=1S/C16H34N2O2/c1-19-14-7-12-18(13-15-20-2)11-6-10-17-16-8-4-3-5-9-16/h16-17H,3-15H2,1-2H3. The first-order chi connectivity index (χ1) is 9.86. The summed E-state index contributed by atoms with van der Waals surface area (Å²) in [7, 11) is 3.55. The number of hydrogen-bond acceptors (Lipinski definition) is 4. The molecule has 0 saturated heterocycles. The Kier molecular flexibility index (Phi) is 11.2. The Balaban J connectivity index is 2.06. The molecule has 0 bridgehead atoms. The lowest BCUT2D eigenvalue weighted by molar-refractivity contribution is 0.131. The molecule has 0 spiro atoms. The molecule has 4 heteroatoms. The lowest BCUT2D eigenvalue weighted by Gasteiger charge is -2.25. The average Bonchev–Trinajstić information content (AvgIpc) is 2.49. The van der Waals surface area contributed by atoms with E-state index in [4.69, 9.17) is 9.47 Å². The second-order valence-electron chi connectivity index (χ2n) is 5.82. The highest BCUT2D eigenvalue weighted by Gasteiger charge is 2.12. The van der Waals surface area contributed by atoms with Crippen LogP contribution in [-0.2, 0) is 9.47 Å². The molecule has 0 radical (unpaired) electrons. The maximum absolute atomic E-state index is 5.19. The SMILES string of the molecule is COCCCN(CCCNC1CCCCC1)CCOC. The van der Waals surface area contributed by atoms with E-state index in [0.717, 1.165) is 51.9 Å². The van der Waals surface area contributed by atoms with Crippen molar-refractivity contribution in [2.75, 3.05) is 53.6 Å². The molecule has 1 fully saturated rings. The first-order valence-electron chi connectivity index (χ1n) is 8.30. The highest BCUT2D eigenvalue weighted by atomic mass is 16.5. The summed E-state index contributed by atoms with van der Waals surface area (Å²) in [5, 5.41) is 3.72. The van der Waals surface area contributed by atoms with Crippen LogP contribution in [0.25, 0.3) is 0 Å². The topological polar surface area (TPSA) is 33.7 Å². The minimum absolute atomic E-state index is 0.782. The van der Waals surface area contributed by atoms with Gasteiger partial charge in [0.05, 0.1) is 6.61 Å². The molecule has 0 aromatic carbocycles. The third-order valence-corrected chi connectivity index (χ3v) is 4.12. The number of rotatable bonds is 12. The predicted molar refractivity (Wildman–Crippen MR) is 84.3 cm³/mol. The monoisotopic (exact) mass is 286 g/mol. The maximum Gasteiger partial charge on any atom is 0.0589 e. The largest absolute Gasteiger partial charge is 0.385 e. The lowest BCUT2D eigenvalue weighted by Crippen LogP contribution is -2.35. The van der Waals surface area contributed by atoms with Gasteiger partial charge in [-0.3, -0.25) is 0 Å². The molecule has 0 aliphatic heterocycles. The fourth-order valence-corrected chi connectivity index (χ4v) is 2.90. The second-order valence-corrected chi connectivity index (χ2v) is 5.82. The fraction of sp³-hybridized carbons (Fsp3) is 1.00. The summed E-state index contributed by atoms with van der Waals surface area (Å²) < 4.78 is 10.3. The summed E-state index contributed by atoms with van der Waals surface area (Å²) >= 11 is 0. The van der Waals surface area contributed by atoms with Crippen LogP contribution >= 0.6 is 0 Å². The summed E-state index contributed by atoms with van der Waals surface area (Å²) in [6, 6.07) is 0.782. The van der Waals surface area contributed by atoms with Gasteiger partial charge in [-0.15, -0.1) is 0 Å². The highest BCUT2D eigenvalue weighted by Crippen LogP contribution is 2.17. The van der Waals surface area contributed by atoms with E-state index in [0.29, 0.717) is 0 Å². The Morgan fingerprint density at radius 3 is 2.30 bits per heavy atom. The molecule has 0 amide bonds. The molecule has 0 atom stereocenters. The average molecular weight is 286 g/mol. The van der Waals surface area contributed by atoms with E-state index in [1.165, 1.54) is 38.5 Å². The number of nitrogens with zero attached hydrogens (tertiary/aromatic N) is 1. The second kappa shape index (κ2) is 12.6. The van der Waals surface area contributed by atoms with Gasteiger partial charge in [0.2, 0.25) is 0 Å². The van der Waals surface area contributed by atoms with Gasteiger partial charge < -0.3 is 19.7 Å². The van der Waals surface area contributed by atoms with E-state index in [1.54, 1.807) is 14.2 Å². The molecular weight excluding hydrogens is 252 g/mol. The first-order valence-corrected chi connectivity index (χ1v) is 8.30. The van der Waals surface area contributed by atoms with Crippen LogP contribution in [-0.4, -0.2) is 64.6 Å². The van der Waals surface area contributed by atoms with E-state index in [-0.39, 0.29) is 0 Å². The number of hydrogen-bond donors (Lipinski definition) is 1. The van der Waals surface area contributed by atoms with Crippen LogP contribution in [0, 0.1) is 0 Å². The van der Waals surface area contributed by atoms with Crippen molar-refractivity contribution in [3.8, 4) is 0 Å². The van der Waals surface area contributed by atoms with Crippen molar-refractivity contribution in [2.45, 2.75) is 51.0 Å².